The number of hydrogen-bond donors (Lipinski definition) is 1. The van der Waals surface area contributed by atoms with Crippen molar-refractivity contribution < 1.29 is 4.52 Å². The van der Waals surface area contributed by atoms with E-state index in [1.54, 1.807) is 6.92 Å². The average molecular weight is 304 g/mol. The summed E-state index contributed by atoms with van der Waals surface area (Å²) in [6, 6.07) is 2.23. The second kappa shape index (κ2) is 5.86. The van der Waals surface area contributed by atoms with Crippen molar-refractivity contribution in [2.75, 3.05) is 5.73 Å². The molecule has 3 rings (SSSR count). The summed E-state index contributed by atoms with van der Waals surface area (Å²) in [5.74, 6) is 1.20. The molecule has 2 aromatic rings. The van der Waals surface area contributed by atoms with Crippen LogP contribution in [0.4, 0.5) is 5.00 Å². The van der Waals surface area contributed by atoms with Crippen molar-refractivity contribution in [1.29, 1.82) is 5.26 Å². The van der Waals surface area contributed by atoms with Crippen molar-refractivity contribution in [1.82, 2.24) is 10.1 Å². The van der Waals surface area contributed by atoms with Crippen LogP contribution < -0.4 is 5.73 Å². The first kappa shape index (κ1) is 15.5. The van der Waals surface area contributed by atoms with Crippen LogP contribution in [0.5, 0.6) is 0 Å². The molecule has 2 heterocycles. The molecule has 2 N–H and O–H groups in total. The van der Waals surface area contributed by atoms with Crippen LogP contribution in [0, 0.1) is 18.3 Å². The molecule has 1 atom stereocenters. The Bertz CT molecular complexity index is 682. The van der Waals surface area contributed by atoms with Gasteiger partial charge in [-0.05, 0) is 33.1 Å². The fourth-order valence-corrected chi connectivity index (χ4v) is 4.02. The van der Waals surface area contributed by atoms with Gasteiger partial charge in [-0.15, -0.1) is 11.3 Å². The Morgan fingerprint density at radius 2 is 2.14 bits per heavy atom. The van der Waals surface area contributed by atoms with E-state index in [0.29, 0.717) is 22.3 Å². The van der Waals surface area contributed by atoms with E-state index in [-0.39, 0.29) is 0 Å². The number of fused-ring (bicyclic) bond motifs is 1. The summed E-state index contributed by atoms with van der Waals surface area (Å²) in [7, 11) is 0. The highest BCUT2D eigenvalue weighted by Gasteiger charge is 2.42. The highest BCUT2D eigenvalue weighted by Crippen LogP contribution is 2.48. The van der Waals surface area contributed by atoms with E-state index in [4.69, 9.17) is 10.3 Å². The number of nitrogen functional groups attached to an aromatic ring is 1. The Morgan fingerprint density at radius 3 is 2.71 bits per heavy atom. The smallest absolute Gasteiger partial charge is 0.237 e. The number of thiophene rings is 1. The number of aryl methyl sites for hydroxylation is 2. The molecule has 0 spiro atoms. The second-order valence-electron chi connectivity index (χ2n) is 5.08. The van der Waals surface area contributed by atoms with Crippen LogP contribution in [0.1, 0.15) is 61.3 Å². The molecule has 1 aliphatic carbocycles. The number of nitrogens with two attached hydrogens (primary N) is 1. The zero-order valence-electron chi connectivity index (χ0n) is 12.9. The molecule has 0 aliphatic heterocycles. The van der Waals surface area contributed by atoms with Crippen molar-refractivity contribution in [3.63, 3.8) is 0 Å². The first-order chi connectivity index (χ1) is 10.1. The van der Waals surface area contributed by atoms with E-state index in [0.717, 1.165) is 24.8 Å². The number of nitrogens with zero attached hydrogens (tertiary/aromatic N) is 3. The Balaban J connectivity index is 0.000000774. The van der Waals surface area contributed by atoms with Gasteiger partial charge in [0.15, 0.2) is 5.82 Å². The molecule has 0 bridgehead atoms. The third-order valence-electron chi connectivity index (χ3n) is 3.75. The van der Waals surface area contributed by atoms with Crippen LogP contribution in [-0.4, -0.2) is 10.1 Å². The summed E-state index contributed by atoms with van der Waals surface area (Å²) in [5.41, 5.74) is 7.15. The van der Waals surface area contributed by atoms with Crippen LogP contribution >= 0.6 is 11.3 Å². The highest BCUT2D eigenvalue weighted by atomic mass is 32.1. The molecular formula is C15H20N4OS. The van der Waals surface area contributed by atoms with Gasteiger partial charge in [0.25, 0.3) is 0 Å². The van der Waals surface area contributed by atoms with E-state index in [9.17, 15) is 5.26 Å². The number of rotatable bonds is 1. The molecule has 112 valence electrons. The van der Waals surface area contributed by atoms with Gasteiger partial charge < -0.3 is 10.3 Å². The largest absolute Gasteiger partial charge is 0.389 e. The standard InChI is InChI=1S/C13H14N4OS.C2H6/c1-7-16-12(18-17-7)13(2)5-3-4-9-10(13)8(6-14)11(15)19-9;1-2/h3-5,15H2,1-2H3;1-2H3/t13-;/m0./s1. The second-order valence-corrected chi connectivity index (χ2v) is 6.22. The third kappa shape index (κ3) is 2.42. The van der Waals surface area contributed by atoms with Crippen LogP contribution in [0.2, 0.25) is 0 Å². The van der Waals surface area contributed by atoms with E-state index < -0.39 is 5.41 Å². The quantitative estimate of drug-likeness (QED) is 0.870. The maximum atomic E-state index is 9.36. The molecule has 0 aromatic carbocycles. The minimum atomic E-state index is -0.395. The summed E-state index contributed by atoms with van der Waals surface area (Å²) in [6.45, 7) is 7.86. The first-order valence-electron chi connectivity index (χ1n) is 7.19. The monoisotopic (exact) mass is 304 g/mol. The molecule has 0 saturated carbocycles. The van der Waals surface area contributed by atoms with Crippen LogP contribution in [0.3, 0.4) is 0 Å². The van der Waals surface area contributed by atoms with E-state index >= 15 is 0 Å². The third-order valence-corrected chi connectivity index (χ3v) is 4.83. The molecule has 0 unspecified atom stereocenters. The number of hydrogen-bond acceptors (Lipinski definition) is 6. The molecule has 2 aromatic heterocycles. The molecule has 1 aliphatic rings. The van der Waals surface area contributed by atoms with Crippen molar-refractivity contribution in [3.8, 4) is 6.07 Å². The predicted molar refractivity (Wildman–Crippen MR) is 83.2 cm³/mol. The van der Waals surface area contributed by atoms with E-state index in [1.807, 2.05) is 13.8 Å². The minimum Gasteiger partial charge on any atom is -0.389 e. The zero-order chi connectivity index (χ0) is 15.6. The van der Waals surface area contributed by atoms with E-state index in [2.05, 4.69) is 23.1 Å². The molecule has 0 fully saturated rings. The Hall–Kier alpha value is -1.87. The van der Waals surface area contributed by atoms with Gasteiger partial charge in [-0.3, -0.25) is 0 Å². The summed E-state index contributed by atoms with van der Waals surface area (Å²) < 4.78 is 5.37. The van der Waals surface area contributed by atoms with Crippen LogP contribution in [0.25, 0.3) is 0 Å². The molecule has 6 heteroatoms. The summed E-state index contributed by atoms with van der Waals surface area (Å²) in [6.07, 6.45) is 2.90. The van der Waals surface area contributed by atoms with Gasteiger partial charge in [0.05, 0.1) is 11.0 Å². The van der Waals surface area contributed by atoms with E-state index in [1.165, 1.54) is 16.2 Å². The van der Waals surface area contributed by atoms with Crippen molar-refractivity contribution in [2.24, 2.45) is 0 Å². The zero-order valence-corrected chi connectivity index (χ0v) is 13.7. The molecule has 5 nitrogen and oxygen atoms in total. The highest BCUT2D eigenvalue weighted by molar-refractivity contribution is 7.16. The first-order valence-corrected chi connectivity index (χ1v) is 8.00. The van der Waals surface area contributed by atoms with Crippen LogP contribution in [-0.2, 0) is 11.8 Å². The van der Waals surface area contributed by atoms with Crippen molar-refractivity contribution in [3.05, 3.63) is 27.7 Å². The Kier molecular flexibility index (Phi) is 4.33. The maximum Gasteiger partial charge on any atom is 0.237 e. The number of aromatic nitrogens is 2. The predicted octanol–water partition coefficient (Wildman–Crippen LogP) is 3.56. The van der Waals surface area contributed by atoms with Gasteiger partial charge in [-0.1, -0.05) is 19.0 Å². The van der Waals surface area contributed by atoms with Crippen LogP contribution in [0.15, 0.2) is 4.52 Å². The van der Waals surface area contributed by atoms with Crippen molar-refractivity contribution in [2.45, 2.75) is 52.4 Å². The van der Waals surface area contributed by atoms with Crippen molar-refractivity contribution >= 4 is 16.3 Å². The Morgan fingerprint density at radius 1 is 1.43 bits per heavy atom. The van der Waals surface area contributed by atoms with Gasteiger partial charge in [-0.2, -0.15) is 10.2 Å². The summed E-state index contributed by atoms with van der Waals surface area (Å²) >= 11 is 1.51. The summed E-state index contributed by atoms with van der Waals surface area (Å²) in [4.78, 5) is 5.55. The lowest BCUT2D eigenvalue weighted by atomic mass is 9.72. The number of nitriles is 1. The SMILES string of the molecule is CC.Cc1noc([C@@]2(C)CCCc3sc(N)c(C#N)c32)n1. The summed E-state index contributed by atoms with van der Waals surface area (Å²) in [5, 5.41) is 13.8. The molecule has 0 amide bonds. The van der Waals surface area contributed by atoms with Gasteiger partial charge >= 0.3 is 0 Å². The fraction of sp³-hybridized carbons (Fsp3) is 0.533. The lowest BCUT2D eigenvalue weighted by Gasteiger charge is -2.30. The molecular weight excluding hydrogens is 284 g/mol. The topological polar surface area (TPSA) is 88.7 Å². The maximum absolute atomic E-state index is 9.36. The lowest BCUT2D eigenvalue weighted by Crippen LogP contribution is -2.29. The molecule has 21 heavy (non-hydrogen) atoms. The average Bonchev–Trinajstić information content (AvgIpc) is 3.05. The van der Waals surface area contributed by atoms with Gasteiger partial charge in [-0.25, -0.2) is 0 Å². The van der Waals surface area contributed by atoms with Gasteiger partial charge in [0, 0.05) is 10.4 Å². The molecule has 0 saturated heterocycles. The Labute approximate surface area is 128 Å². The van der Waals surface area contributed by atoms with Gasteiger partial charge in [0.1, 0.15) is 11.1 Å². The lowest BCUT2D eigenvalue weighted by molar-refractivity contribution is 0.299. The van der Waals surface area contributed by atoms with Gasteiger partial charge in [0.2, 0.25) is 5.89 Å². The minimum absolute atomic E-state index is 0.395. The fourth-order valence-electron chi connectivity index (χ4n) is 2.83. The number of anilines is 1. The normalized spacial score (nSPS) is 20.1. The molecule has 0 radical (unpaired) electrons.